The Hall–Kier alpha value is -3.40. The first kappa shape index (κ1) is 18.4. The molecule has 0 amide bonds. The van der Waals surface area contributed by atoms with Gasteiger partial charge in [-0.05, 0) is 72.3 Å². The van der Waals surface area contributed by atoms with Crippen molar-refractivity contribution in [3.63, 3.8) is 0 Å². The number of rotatable bonds is 4. The van der Waals surface area contributed by atoms with Crippen LogP contribution in [0.15, 0.2) is 60.3 Å². The highest BCUT2D eigenvalue weighted by atomic mass is 16.4. The number of carboxylic acid groups (broad SMARTS) is 1. The highest BCUT2D eigenvalue weighted by molar-refractivity contribution is 5.96. The first-order chi connectivity index (χ1) is 13.0. The van der Waals surface area contributed by atoms with E-state index >= 15 is 0 Å². The van der Waals surface area contributed by atoms with Gasteiger partial charge in [-0.3, -0.25) is 4.98 Å². The Morgan fingerprint density at radius 2 is 2.11 bits per heavy atom. The number of carbonyl (C=O) groups is 1. The van der Waals surface area contributed by atoms with Gasteiger partial charge >= 0.3 is 5.97 Å². The maximum atomic E-state index is 11.3. The van der Waals surface area contributed by atoms with Crippen LogP contribution in [0.5, 0.6) is 0 Å². The number of aromatic nitrogens is 1. The quantitative estimate of drug-likeness (QED) is 0.825. The van der Waals surface area contributed by atoms with E-state index < -0.39 is 5.97 Å². The largest absolute Gasteiger partial charge is 0.478 e. The summed E-state index contributed by atoms with van der Waals surface area (Å²) >= 11 is 0. The van der Waals surface area contributed by atoms with E-state index in [-0.39, 0.29) is 5.57 Å². The number of hydrogen-bond acceptors (Lipinski definition) is 3. The second-order valence-corrected chi connectivity index (χ2v) is 6.38. The number of hydrogen-bond donors (Lipinski definition) is 2. The molecule has 0 saturated carbocycles. The molecule has 136 valence electrons. The third-order valence-electron chi connectivity index (χ3n) is 4.48. The van der Waals surface area contributed by atoms with Crippen molar-refractivity contribution in [2.24, 2.45) is 0 Å². The molecule has 0 bridgehead atoms. The van der Waals surface area contributed by atoms with Crippen LogP contribution in [-0.4, -0.2) is 16.1 Å². The summed E-state index contributed by atoms with van der Waals surface area (Å²) in [5.74, 6) is -0.951. The van der Waals surface area contributed by atoms with Crippen molar-refractivity contribution in [2.45, 2.75) is 20.3 Å². The van der Waals surface area contributed by atoms with Crippen LogP contribution in [0.25, 0.3) is 23.9 Å². The molecule has 0 spiro atoms. The summed E-state index contributed by atoms with van der Waals surface area (Å²) in [6.45, 7) is 7.72. The van der Waals surface area contributed by atoms with E-state index in [1.165, 1.54) is 0 Å². The van der Waals surface area contributed by atoms with Crippen LogP contribution in [-0.2, 0) is 4.79 Å². The van der Waals surface area contributed by atoms with Gasteiger partial charge < -0.3 is 10.4 Å². The summed E-state index contributed by atoms with van der Waals surface area (Å²) in [5.41, 5.74) is 5.18. The number of dihydropyridines is 1. The number of benzene rings is 1. The number of pyridine rings is 1. The number of aliphatic carboxylic acids is 1. The topological polar surface area (TPSA) is 62.2 Å². The van der Waals surface area contributed by atoms with E-state index in [2.05, 4.69) is 23.0 Å². The second-order valence-electron chi connectivity index (χ2n) is 6.38. The van der Waals surface area contributed by atoms with E-state index in [1.807, 2.05) is 49.5 Å². The third kappa shape index (κ3) is 4.06. The first-order valence-electron chi connectivity index (χ1n) is 8.79. The predicted molar refractivity (Wildman–Crippen MR) is 110 cm³/mol. The molecule has 2 N–H and O–H groups in total. The Morgan fingerprint density at radius 3 is 2.81 bits per heavy atom. The summed E-state index contributed by atoms with van der Waals surface area (Å²) in [4.78, 5) is 16.0. The minimum atomic E-state index is -0.951. The highest BCUT2D eigenvalue weighted by Crippen LogP contribution is 2.28. The van der Waals surface area contributed by atoms with Crippen molar-refractivity contribution in [3.05, 3.63) is 87.7 Å². The van der Waals surface area contributed by atoms with E-state index in [9.17, 15) is 9.90 Å². The lowest BCUT2D eigenvalue weighted by Gasteiger charge is -2.18. The average molecular weight is 358 g/mol. The third-order valence-corrected chi connectivity index (χ3v) is 4.48. The molecule has 4 nitrogen and oxygen atoms in total. The Labute approximate surface area is 158 Å². The summed E-state index contributed by atoms with van der Waals surface area (Å²) < 4.78 is 0. The molecule has 0 atom stereocenters. The molecule has 1 aliphatic heterocycles. The van der Waals surface area contributed by atoms with Crippen molar-refractivity contribution in [1.29, 1.82) is 0 Å². The van der Waals surface area contributed by atoms with Crippen molar-refractivity contribution < 1.29 is 9.90 Å². The normalized spacial score (nSPS) is 15.0. The molecule has 4 heteroatoms. The Morgan fingerprint density at radius 1 is 1.30 bits per heavy atom. The lowest BCUT2D eigenvalue weighted by atomic mass is 9.95. The molecule has 0 unspecified atom stereocenters. The number of nitrogens with one attached hydrogen (secondary N) is 1. The summed E-state index contributed by atoms with van der Waals surface area (Å²) in [7, 11) is 0. The molecule has 0 aliphatic carbocycles. The maximum Gasteiger partial charge on any atom is 0.335 e. The monoisotopic (exact) mass is 358 g/mol. The molecular weight excluding hydrogens is 336 g/mol. The first-order valence-corrected chi connectivity index (χ1v) is 8.79. The van der Waals surface area contributed by atoms with Crippen molar-refractivity contribution in [3.8, 4) is 0 Å². The molecule has 0 saturated heterocycles. The van der Waals surface area contributed by atoms with Crippen LogP contribution in [0.4, 0.5) is 0 Å². The van der Waals surface area contributed by atoms with Crippen molar-refractivity contribution >= 4 is 29.9 Å². The zero-order valence-corrected chi connectivity index (χ0v) is 15.5. The van der Waals surface area contributed by atoms with Gasteiger partial charge in [0, 0.05) is 5.69 Å². The Bertz CT molecular complexity index is 1090. The molecular formula is C23H22N2O2. The number of aryl methyl sites for hydroxylation is 1. The number of carboxylic acids is 1. The smallest absolute Gasteiger partial charge is 0.335 e. The van der Waals surface area contributed by atoms with E-state index in [1.54, 1.807) is 19.1 Å². The minimum Gasteiger partial charge on any atom is -0.478 e. The van der Waals surface area contributed by atoms with Crippen LogP contribution in [0.1, 0.15) is 30.3 Å². The Kier molecular flexibility index (Phi) is 5.36. The van der Waals surface area contributed by atoms with Gasteiger partial charge in [0.05, 0.1) is 17.0 Å². The van der Waals surface area contributed by atoms with Gasteiger partial charge in [-0.15, -0.1) is 0 Å². The van der Waals surface area contributed by atoms with E-state index in [0.717, 1.165) is 45.1 Å². The zero-order chi connectivity index (χ0) is 19.4. The van der Waals surface area contributed by atoms with Crippen molar-refractivity contribution in [2.75, 3.05) is 0 Å². The SMILES string of the molecule is C=c1ccc(C2=C(c3cccc(C)n3)NC=CC2)c/c1=C/C(=C\C)C(=O)O. The van der Waals surface area contributed by atoms with Gasteiger partial charge in [0.25, 0.3) is 0 Å². The molecule has 0 fully saturated rings. The second kappa shape index (κ2) is 7.87. The molecule has 1 aromatic heterocycles. The molecule has 2 aromatic rings. The van der Waals surface area contributed by atoms with Gasteiger partial charge in [0.1, 0.15) is 0 Å². The fourth-order valence-corrected chi connectivity index (χ4v) is 3.03. The van der Waals surface area contributed by atoms with Gasteiger partial charge in [0.2, 0.25) is 0 Å². The molecule has 3 rings (SSSR count). The lowest BCUT2D eigenvalue weighted by molar-refractivity contribution is -0.132. The minimum absolute atomic E-state index is 0.244. The van der Waals surface area contributed by atoms with E-state index in [0.29, 0.717) is 0 Å². The molecule has 1 aliphatic rings. The van der Waals surface area contributed by atoms with Crippen LogP contribution in [0.3, 0.4) is 0 Å². The highest BCUT2D eigenvalue weighted by Gasteiger charge is 2.14. The fraction of sp³-hybridized carbons (Fsp3) is 0.130. The van der Waals surface area contributed by atoms with Crippen LogP contribution >= 0.6 is 0 Å². The molecule has 0 radical (unpaired) electrons. The van der Waals surface area contributed by atoms with Gasteiger partial charge in [-0.25, -0.2) is 4.79 Å². The van der Waals surface area contributed by atoms with Crippen LogP contribution in [0.2, 0.25) is 0 Å². The predicted octanol–water partition coefficient (Wildman–Crippen LogP) is 2.99. The Balaban J connectivity index is 2.17. The van der Waals surface area contributed by atoms with Crippen molar-refractivity contribution in [1.82, 2.24) is 10.3 Å². The molecule has 27 heavy (non-hydrogen) atoms. The fourth-order valence-electron chi connectivity index (χ4n) is 3.03. The van der Waals surface area contributed by atoms with Gasteiger partial charge in [-0.2, -0.15) is 0 Å². The lowest BCUT2D eigenvalue weighted by Crippen LogP contribution is -2.24. The average Bonchev–Trinajstić information content (AvgIpc) is 2.67. The number of nitrogens with zero attached hydrogens (tertiary/aromatic N) is 1. The van der Waals surface area contributed by atoms with Gasteiger partial charge in [-0.1, -0.05) is 36.9 Å². The summed E-state index contributed by atoms with van der Waals surface area (Å²) in [6.07, 6.45) is 7.99. The molecule has 2 heterocycles. The molecule has 1 aromatic carbocycles. The van der Waals surface area contributed by atoms with Crippen LogP contribution in [0, 0.1) is 6.92 Å². The summed E-state index contributed by atoms with van der Waals surface area (Å²) in [6, 6.07) is 11.9. The zero-order valence-electron chi connectivity index (χ0n) is 15.5. The summed E-state index contributed by atoms with van der Waals surface area (Å²) in [5, 5.41) is 14.2. The van der Waals surface area contributed by atoms with Crippen LogP contribution < -0.4 is 15.8 Å². The number of allylic oxidation sites excluding steroid dienone is 3. The van der Waals surface area contributed by atoms with Gasteiger partial charge in [0.15, 0.2) is 0 Å². The standard InChI is InChI=1S/C23H22N2O2/c1-4-17(23(26)27)13-19-14-18(11-10-15(19)2)20-8-6-12-24-22(20)21-9-5-7-16(3)25-21/h4-7,9-14,24H,2,8H2,1,3H3,(H,26,27)/b17-4+,19-13-. The van der Waals surface area contributed by atoms with E-state index in [4.69, 9.17) is 0 Å². The maximum absolute atomic E-state index is 11.3.